The van der Waals surface area contributed by atoms with E-state index in [1.165, 1.54) is 0 Å². The Morgan fingerprint density at radius 2 is 2.00 bits per heavy atom. The van der Waals surface area contributed by atoms with E-state index in [1.54, 1.807) is 0 Å². The van der Waals surface area contributed by atoms with Crippen molar-refractivity contribution in [3.8, 4) is 0 Å². The third-order valence-corrected chi connectivity index (χ3v) is 3.72. The number of aliphatic hydroxyl groups excluding tert-OH is 1. The van der Waals surface area contributed by atoms with E-state index in [0.717, 1.165) is 32.2 Å². The van der Waals surface area contributed by atoms with Crippen LogP contribution >= 0.6 is 0 Å². The average molecular weight is 241 g/mol. The van der Waals surface area contributed by atoms with Gasteiger partial charge in [0.1, 0.15) is 5.60 Å². The molecule has 1 heterocycles. The van der Waals surface area contributed by atoms with Gasteiger partial charge >= 0.3 is 6.09 Å². The Hall–Kier alpha value is -0.770. The van der Waals surface area contributed by atoms with Gasteiger partial charge in [-0.05, 0) is 46.5 Å². The molecule has 2 fully saturated rings. The topological polar surface area (TPSA) is 49.8 Å². The van der Waals surface area contributed by atoms with Crippen molar-refractivity contribution in [3.63, 3.8) is 0 Å². The van der Waals surface area contributed by atoms with Crippen molar-refractivity contribution >= 4 is 6.09 Å². The minimum atomic E-state index is -0.442. The monoisotopic (exact) mass is 241 g/mol. The molecule has 17 heavy (non-hydrogen) atoms. The molecule has 1 aliphatic carbocycles. The molecule has 3 atom stereocenters. The van der Waals surface area contributed by atoms with Crippen LogP contribution in [-0.4, -0.2) is 40.4 Å². The number of ether oxygens (including phenoxy) is 1. The molecule has 0 aromatic carbocycles. The van der Waals surface area contributed by atoms with E-state index in [2.05, 4.69) is 0 Å². The first-order valence-corrected chi connectivity index (χ1v) is 6.56. The fraction of sp³-hybridized carbons (Fsp3) is 0.923. The van der Waals surface area contributed by atoms with Crippen LogP contribution in [0.3, 0.4) is 0 Å². The number of aliphatic hydroxyl groups is 1. The van der Waals surface area contributed by atoms with Crippen molar-refractivity contribution in [1.29, 1.82) is 0 Å². The fourth-order valence-electron chi connectivity index (χ4n) is 2.99. The number of nitrogens with zero attached hydrogens (tertiary/aromatic N) is 1. The van der Waals surface area contributed by atoms with Crippen LogP contribution in [0.25, 0.3) is 0 Å². The van der Waals surface area contributed by atoms with Gasteiger partial charge in [0.2, 0.25) is 0 Å². The molecule has 1 aliphatic heterocycles. The van der Waals surface area contributed by atoms with E-state index >= 15 is 0 Å². The van der Waals surface area contributed by atoms with Gasteiger partial charge in [-0.1, -0.05) is 0 Å². The SMILES string of the molecule is CC(C)(C)OC(=O)N1CC[C@H]2[C@H]1CCC[C@@H]2O. The summed E-state index contributed by atoms with van der Waals surface area (Å²) in [6, 6.07) is 0.189. The van der Waals surface area contributed by atoms with Gasteiger partial charge in [0.15, 0.2) is 0 Å². The van der Waals surface area contributed by atoms with Crippen LogP contribution in [0.15, 0.2) is 0 Å². The van der Waals surface area contributed by atoms with Gasteiger partial charge in [-0.2, -0.15) is 0 Å². The predicted molar refractivity (Wildman–Crippen MR) is 64.7 cm³/mol. The molecule has 0 unspecified atom stereocenters. The van der Waals surface area contributed by atoms with Crippen molar-refractivity contribution in [3.05, 3.63) is 0 Å². The minimum absolute atomic E-state index is 0.189. The normalized spacial score (nSPS) is 33.4. The number of carbonyl (C=O) groups is 1. The quantitative estimate of drug-likeness (QED) is 0.707. The Labute approximate surface area is 103 Å². The molecule has 0 bridgehead atoms. The van der Waals surface area contributed by atoms with Gasteiger partial charge in [-0.3, -0.25) is 0 Å². The van der Waals surface area contributed by atoms with Crippen LogP contribution in [0, 0.1) is 5.92 Å². The highest BCUT2D eigenvalue weighted by Gasteiger charge is 2.43. The van der Waals surface area contributed by atoms with E-state index < -0.39 is 5.60 Å². The highest BCUT2D eigenvalue weighted by Crippen LogP contribution is 2.37. The Kier molecular flexibility index (Phi) is 3.34. The lowest BCUT2D eigenvalue weighted by Crippen LogP contribution is -2.45. The van der Waals surface area contributed by atoms with E-state index in [4.69, 9.17) is 4.74 Å². The summed E-state index contributed by atoms with van der Waals surface area (Å²) in [5.41, 5.74) is -0.442. The lowest BCUT2D eigenvalue weighted by molar-refractivity contribution is 0.00481. The molecule has 0 radical (unpaired) electrons. The highest BCUT2D eigenvalue weighted by molar-refractivity contribution is 5.69. The zero-order valence-electron chi connectivity index (χ0n) is 11.0. The van der Waals surface area contributed by atoms with Gasteiger partial charge in [0, 0.05) is 18.5 Å². The number of hydrogen-bond acceptors (Lipinski definition) is 3. The first kappa shape index (κ1) is 12.7. The van der Waals surface area contributed by atoms with E-state index in [9.17, 15) is 9.90 Å². The molecule has 0 aromatic heterocycles. The molecule has 1 saturated heterocycles. The number of rotatable bonds is 0. The predicted octanol–water partition coefficient (Wildman–Crippen LogP) is 2.16. The molecule has 4 nitrogen and oxygen atoms in total. The van der Waals surface area contributed by atoms with Crippen LogP contribution in [-0.2, 0) is 4.74 Å². The maximum Gasteiger partial charge on any atom is 0.410 e. The molecule has 0 aromatic rings. The second-order valence-corrected chi connectivity index (χ2v) is 6.19. The van der Waals surface area contributed by atoms with Crippen molar-refractivity contribution in [1.82, 2.24) is 4.90 Å². The lowest BCUT2D eigenvalue weighted by atomic mass is 9.83. The van der Waals surface area contributed by atoms with Crippen molar-refractivity contribution in [2.45, 2.75) is 64.2 Å². The lowest BCUT2D eigenvalue weighted by Gasteiger charge is -2.35. The number of likely N-dealkylation sites (tertiary alicyclic amines) is 1. The summed E-state index contributed by atoms with van der Waals surface area (Å²) in [5.74, 6) is 0.260. The second-order valence-electron chi connectivity index (χ2n) is 6.19. The third kappa shape index (κ3) is 2.73. The molecular weight excluding hydrogens is 218 g/mol. The number of carbonyl (C=O) groups excluding carboxylic acids is 1. The first-order chi connectivity index (χ1) is 7.88. The van der Waals surface area contributed by atoms with Gasteiger partial charge in [-0.15, -0.1) is 0 Å². The molecule has 2 rings (SSSR count). The zero-order chi connectivity index (χ0) is 12.6. The second kappa shape index (κ2) is 4.48. The molecule has 1 saturated carbocycles. The molecule has 4 heteroatoms. The van der Waals surface area contributed by atoms with Crippen molar-refractivity contribution in [2.75, 3.05) is 6.54 Å². The van der Waals surface area contributed by atoms with Crippen molar-refractivity contribution < 1.29 is 14.6 Å². The maximum atomic E-state index is 12.0. The highest BCUT2D eigenvalue weighted by atomic mass is 16.6. The summed E-state index contributed by atoms with van der Waals surface area (Å²) in [6.45, 7) is 6.37. The zero-order valence-corrected chi connectivity index (χ0v) is 11.0. The maximum absolute atomic E-state index is 12.0. The molecule has 1 N–H and O–H groups in total. The van der Waals surface area contributed by atoms with Crippen LogP contribution in [0.5, 0.6) is 0 Å². The average Bonchev–Trinajstić information content (AvgIpc) is 2.60. The third-order valence-electron chi connectivity index (χ3n) is 3.72. The summed E-state index contributed by atoms with van der Waals surface area (Å²) >= 11 is 0. The Morgan fingerprint density at radius 1 is 1.29 bits per heavy atom. The standard InChI is InChI=1S/C13H23NO3/c1-13(2,3)17-12(16)14-8-7-9-10(14)5-4-6-11(9)15/h9-11,15H,4-8H2,1-3H3/t9-,10+,11-/m0/s1. The van der Waals surface area contributed by atoms with Crippen LogP contribution in [0.2, 0.25) is 0 Å². The van der Waals surface area contributed by atoms with E-state index in [1.807, 2.05) is 25.7 Å². The summed E-state index contributed by atoms with van der Waals surface area (Å²) in [6.07, 6.45) is 3.33. The van der Waals surface area contributed by atoms with Crippen LogP contribution in [0.4, 0.5) is 4.79 Å². The Balaban J connectivity index is 2.01. The summed E-state index contributed by atoms with van der Waals surface area (Å²) in [4.78, 5) is 13.9. The van der Waals surface area contributed by atoms with Gasteiger partial charge in [-0.25, -0.2) is 4.79 Å². The number of amides is 1. The summed E-state index contributed by atoms with van der Waals surface area (Å²) in [7, 11) is 0. The van der Waals surface area contributed by atoms with E-state index in [-0.39, 0.29) is 24.2 Å². The fourth-order valence-corrected chi connectivity index (χ4v) is 2.99. The number of fused-ring (bicyclic) bond motifs is 1. The molecule has 2 aliphatic rings. The molecule has 98 valence electrons. The molecular formula is C13H23NO3. The molecule has 1 amide bonds. The van der Waals surface area contributed by atoms with Crippen LogP contribution in [0.1, 0.15) is 46.5 Å². The van der Waals surface area contributed by atoms with Crippen molar-refractivity contribution in [2.24, 2.45) is 5.92 Å². The smallest absolute Gasteiger partial charge is 0.410 e. The van der Waals surface area contributed by atoms with Gasteiger partial charge < -0.3 is 14.7 Å². The largest absolute Gasteiger partial charge is 0.444 e. The van der Waals surface area contributed by atoms with Crippen LogP contribution < -0.4 is 0 Å². The van der Waals surface area contributed by atoms with Gasteiger partial charge in [0.05, 0.1) is 6.10 Å². The minimum Gasteiger partial charge on any atom is -0.444 e. The van der Waals surface area contributed by atoms with E-state index in [0.29, 0.717) is 0 Å². The molecule has 0 spiro atoms. The summed E-state index contributed by atoms with van der Waals surface area (Å²) in [5, 5.41) is 9.93. The first-order valence-electron chi connectivity index (χ1n) is 6.56. The number of hydrogen-bond donors (Lipinski definition) is 1. The summed E-state index contributed by atoms with van der Waals surface area (Å²) < 4.78 is 5.41. The van der Waals surface area contributed by atoms with Gasteiger partial charge in [0.25, 0.3) is 0 Å². The Bertz CT molecular complexity index is 298. The Morgan fingerprint density at radius 3 is 2.65 bits per heavy atom.